The number of hydrogen-bond acceptors (Lipinski definition) is 3. The lowest BCUT2D eigenvalue weighted by molar-refractivity contribution is -0.133. The molecule has 0 unspecified atom stereocenters. The van der Waals surface area contributed by atoms with E-state index in [-0.39, 0.29) is 0 Å². The van der Waals surface area contributed by atoms with Crippen molar-refractivity contribution in [2.24, 2.45) is 0 Å². The molecule has 0 radical (unpaired) electrons. The smallest absolute Gasteiger partial charge is 0.236 e. The summed E-state index contributed by atoms with van der Waals surface area (Å²) in [5.41, 5.74) is 0. The zero-order valence-electron chi connectivity index (χ0n) is 15.8. The van der Waals surface area contributed by atoms with Crippen molar-refractivity contribution >= 4 is 5.91 Å². The largest absolute Gasteiger partial charge is 0.342 e. The number of imidazole rings is 1. The van der Waals surface area contributed by atoms with Crippen LogP contribution in [0.4, 0.5) is 0 Å². The maximum Gasteiger partial charge on any atom is 0.236 e. The summed E-state index contributed by atoms with van der Waals surface area (Å²) in [6.07, 6.45) is 13.7. The molecule has 0 atom stereocenters. The molecule has 140 valence electrons. The number of nitrogens with zero attached hydrogens (tertiary/aromatic N) is 4. The topological polar surface area (TPSA) is 41.4 Å². The average Bonchev–Trinajstić information content (AvgIpc) is 2.96. The summed E-state index contributed by atoms with van der Waals surface area (Å²) in [7, 11) is 0. The number of likely N-dealkylation sites (tertiary alicyclic amines) is 2. The van der Waals surface area contributed by atoms with Gasteiger partial charge in [-0.3, -0.25) is 9.69 Å². The van der Waals surface area contributed by atoms with Gasteiger partial charge >= 0.3 is 0 Å². The van der Waals surface area contributed by atoms with Crippen molar-refractivity contribution in [2.45, 2.75) is 70.8 Å². The van der Waals surface area contributed by atoms with Gasteiger partial charge in [0.2, 0.25) is 5.91 Å². The van der Waals surface area contributed by atoms with E-state index in [1.165, 1.54) is 44.3 Å². The molecule has 1 aromatic rings. The molecule has 2 saturated heterocycles. The third-order valence-electron chi connectivity index (χ3n) is 5.77. The summed E-state index contributed by atoms with van der Waals surface area (Å²) in [6, 6.07) is 0. The fourth-order valence-corrected chi connectivity index (χ4v) is 4.17. The van der Waals surface area contributed by atoms with E-state index in [1.54, 1.807) is 0 Å². The van der Waals surface area contributed by atoms with Crippen LogP contribution in [0.3, 0.4) is 0 Å². The van der Waals surface area contributed by atoms with Crippen molar-refractivity contribution in [3.8, 4) is 0 Å². The first kappa shape index (κ1) is 18.4. The average molecular weight is 347 g/mol. The zero-order valence-corrected chi connectivity index (χ0v) is 15.8. The maximum absolute atomic E-state index is 12.6. The summed E-state index contributed by atoms with van der Waals surface area (Å²) >= 11 is 0. The van der Waals surface area contributed by atoms with Crippen LogP contribution in [0.25, 0.3) is 0 Å². The molecule has 1 aromatic heterocycles. The van der Waals surface area contributed by atoms with Crippen LogP contribution in [0.15, 0.2) is 12.4 Å². The van der Waals surface area contributed by atoms with Crippen molar-refractivity contribution in [1.29, 1.82) is 0 Å². The SMILES string of the molecule is CCCCn1ccnc1C1CCN(C(=O)CN2CCCCCC2)CC1. The van der Waals surface area contributed by atoms with Gasteiger partial charge in [-0.25, -0.2) is 4.98 Å². The first-order valence-corrected chi connectivity index (χ1v) is 10.3. The predicted molar refractivity (Wildman–Crippen MR) is 101 cm³/mol. The van der Waals surface area contributed by atoms with E-state index in [1.807, 2.05) is 6.20 Å². The molecule has 25 heavy (non-hydrogen) atoms. The van der Waals surface area contributed by atoms with Gasteiger partial charge in [-0.2, -0.15) is 0 Å². The molecule has 1 amide bonds. The van der Waals surface area contributed by atoms with Gasteiger partial charge in [0.05, 0.1) is 6.54 Å². The molecule has 0 aromatic carbocycles. The third kappa shape index (κ3) is 5.06. The van der Waals surface area contributed by atoms with Crippen LogP contribution in [-0.2, 0) is 11.3 Å². The van der Waals surface area contributed by atoms with Gasteiger partial charge in [0.25, 0.3) is 0 Å². The molecule has 2 fully saturated rings. The van der Waals surface area contributed by atoms with Gasteiger partial charge in [-0.05, 0) is 45.2 Å². The van der Waals surface area contributed by atoms with Crippen LogP contribution >= 0.6 is 0 Å². The number of aryl methyl sites for hydroxylation is 1. The lowest BCUT2D eigenvalue weighted by Gasteiger charge is -2.33. The number of unbranched alkanes of at least 4 members (excludes halogenated alkanes) is 1. The number of carbonyl (C=O) groups excluding carboxylic acids is 1. The number of piperidine rings is 1. The molecule has 0 N–H and O–H groups in total. The van der Waals surface area contributed by atoms with Crippen LogP contribution in [0.2, 0.25) is 0 Å². The molecule has 0 aliphatic carbocycles. The van der Waals surface area contributed by atoms with Crippen molar-refractivity contribution in [3.63, 3.8) is 0 Å². The minimum atomic E-state index is 0.328. The van der Waals surface area contributed by atoms with Gasteiger partial charge in [0, 0.05) is 37.9 Å². The highest BCUT2D eigenvalue weighted by atomic mass is 16.2. The Hall–Kier alpha value is -1.36. The first-order chi connectivity index (χ1) is 12.3. The summed E-state index contributed by atoms with van der Waals surface area (Å²) in [6.45, 7) is 7.88. The number of carbonyl (C=O) groups is 1. The molecular formula is C20H34N4O. The van der Waals surface area contributed by atoms with Gasteiger partial charge in [-0.1, -0.05) is 26.2 Å². The van der Waals surface area contributed by atoms with Gasteiger partial charge < -0.3 is 9.47 Å². The van der Waals surface area contributed by atoms with Crippen LogP contribution < -0.4 is 0 Å². The Morgan fingerprint density at radius 2 is 1.84 bits per heavy atom. The monoisotopic (exact) mass is 346 g/mol. The van der Waals surface area contributed by atoms with Gasteiger partial charge in [0.15, 0.2) is 0 Å². The first-order valence-electron chi connectivity index (χ1n) is 10.3. The zero-order chi connectivity index (χ0) is 17.5. The highest BCUT2D eigenvalue weighted by Gasteiger charge is 2.27. The lowest BCUT2D eigenvalue weighted by Crippen LogP contribution is -2.44. The molecule has 2 aliphatic rings. The third-order valence-corrected chi connectivity index (χ3v) is 5.77. The van der Waals surface area contributed by atoms with E-state index in [9.17, 15) is 4.79 Å². The minimum absolute atomic E-state index is 0.328. The van der Waals surface area contributed by atoms with E-state index in [0.717, 1.165) is 45.6 Å². The Morgan fingerprint density at radius 3 is 2.52 bits per heavy atom. The minimum Gasteiger partial charge on any atom is -0.342 e. The Labute approximate surface area is 152 Å². The molecular weight excluding hydrogens is 312 g/mol. The highest BCUT2D eigenvalue weighted by molar-refractivity contribution is 5.78. The Balaban J connectivity index is 1.48. The summed E-state index contributed by atoms with van der Waals surface area (Å²) < 4.78 is 2.32. The maximum atomic E-state index is 12.6. The van der Waals surface area contributed by atoms with Crippen molar-refractivity contribution in [2.75, 3.05) is 32.7 Å². The predicted octanol–water partition coefficient (Wildman–Crippen LogP) is 3.27. The fraction of sp³-hybridized carbons (Fsp3) is 0.800. The van der Waals surface area contributed by atoms with Crippen LogP contribution in [0.1, 0.15) is 70.0 Å². The number of aromatic nitrogens is 2. The van der Waals surface area contributed by atoms with Crippen molar-refractivity contribution in [3.05, 3.63) is 18.2 Å². The quantitative estimate of drug-likeness (QED) is 0.794. The number of rotatable bonds is 6. The molecule has 3 rings (SSSR count). The molecule has 0 bridgehead atoms. The molecule has 3 heterocycles. The Morgan fingerprint density at radius 1 is 1.12 bits per heavy atom. The Bertz CT molecular complexity index is 526. The second-order valence-electron chi connectivity index (χ2n) is 7.68. The molecule has 0 spiro atoms. The van der Waals surface area contributed by atoms with Gasteiger partial charge in [0.1, 0.15) is 5.82 Å². The second-order valence-corrected chi connectivity index (χ2v) is 7.68. The van der Waals surface area contributed by atoms with Crippen molar-refractivity contribution < 1.29 is 4.79 Å². The van der Waals surface area contributed by atoms with Crippen LogP contribution in [-0.4, -0.2) is 58.0 Å². The second kappa shape index (κ2) is 9.37. The molecule has 5 heteroatoms. The van der Waals surface area contributed by atoms with E-state index >= 15 is 0 Å². The number of hydrogen-bond donors (Lipinski definition) is 0. The highest BCUT2D eigenvalue weighted by Crippen LogP contribution is 2.27. The number of amides is 1. The van der Waals surface area contributed by atoms with E-state index in [0.29, 0.717) is 18.4 Å². The standard InChI is InChI=1S/C20H34N4O/c1-2-3-13-24-16-10-21-20(24)18-8-14-23(15-9-18)19(25)17-22-11-6-4-5-7-12-22/h10,16,18H,2-9,11-15,17H2,1H3. The summed E-state index contributed by atoms with van der Waals surface area (Å²) in [5, 5.41) is 0. The molecule has 0 saturated carbocycles. The molecule has 5 nitrogen and oxygen atoms in total. The molecule has 2 aliphatic heterocycles. The van der Waals surface area contributed by atoms with E-state index in [4.69, 9.17) is 0 Å². The van der Waals surface area contributed by atoms with E-state index in [2.05, 4.69) is 32.5 Å². The van der Waals surface area contributed by atoms with Crippen LogP contribution in [0, 0.1) is 0 Å². The van der Waals surface area contributed by atoms with Gasteiger partial charge in [-0.15, -0.1) is 0 Å². The van der Waals surface area contributed by atoms with E-state index < -0.39 is 0 Å². The fourth-order valence-electron chi connectivity index (χ4n) is 4.17. The Kier molecular flexibility index (Phi) is 6.91. The van der Waals surface area contributed by atoms with Crippen molar-refractivity contribution in [1.82, 2.24) is 19.4 Å². The summed E-state index contributed by atoms with van der Waals surface area (Å²) in [5.74, 6) is 2.07. The lowest BCUT2D eigenvalue weighted by atomic mass is 9.95. The summed E-state index contributed by atoms with van der Waals surface area (Å²) in [4.78, 5) is 21.7. The normalized spacial score (nSPS) is 20.6. The van der Waals surface area contributed by atoms with Crippen LogP contribution in [0.5, 0.6) is 0 Å².